The fourth-order valence-electron chi connectivity index (χ4n) is 1.81. The van der Waals surface area contributed by atoms with E-state index in [2.05, 4.69) is 15.0 Å². The highest BCUT2D eigenvalue weighted by molar-refractivity contribution is 5.58. The van der Waals surface area contributed by atoms with Crippen molar-refractivity contribution in [2.45, 2.75) is 25.3 Å². The minimum Gasteiger partial charge on any atom is -0.319 e. The lowest BCUT2D eigenvalue weighted by atomic mass is 10.1. The zero-order chi connectivity index (χ0) is 11.9. The van der Waals surface area contributed by atoms with Gasteiger partial charge in [-0.05, 0) is 38.0 Å². The van der Waals surface area contributed by atoms with Crippen molar-refractivity contribution in [3.8, 4) is 11.3 Å². The van der Waals surface area contributed by atoms with Crippen molar-refractivity contribution in [1.82, 2.24) is 15.0 Å². The Hall–Kier alpha value is -1.81. The van der Waals surface area contributed by atoms with Crippen LogP contribution in [0.25, 0.3) is 11.3 Å². The van der Waals surface area contributed by atoms with E-state index in [1.807, 2.05) is 31.3 Å². The molecule has 0 radical (unpaired) electrons. The Morgan fingerprint density at radius 2 is 2.12 bits per heavy atom. The standard InChI is InChI=1S/C13H14N4/c1-9-7-11(10-3-2-6-15-8-10)17-12(16-9)13(14)4-5-13/h2-3,6-8H,4-5,14H2,1H3. The Labute approximate surface area is 99.9 Å². The summed E-state index contributed by atoms with van der Waals surface area (Å²) in [6, 6.07) is 5.86. The fraction of sp³-hybridized carbons (Fsp3) is 0.308. The molecule has 0 amide bonds. The molecule has 1 aliphatic rings. The first-order chi connectivity index (χ1) is 8.17. The van der Waals surface area contributed by atoms with Crippen LogP contribution in [0.3, 0.4) is 0 Å². The maximum absolute atomic E-state index is 6.14. The first-order valence-corrected chi connectivity index (χ1v) is 5.73. The Balaban J connectivity index is 2.09. The molecule has 3 rings (SSSR count). The van der Waals surface area contributed by atoms with E-state index in [0.29, 0.717) is 0 Å². The molecule has 2 N–H and O–H groups in total. The molecular weight excluding hydrogens is 212 g/mol. The third-order valence-electron chi connectivity index (χ3n) is 3.05. The molecule has 0 aliphatic heterocycles. The van der Waals surface area contributed by atoms with Gasteiger partial charge in [-0.2, -0.15) is 0 Å². The predicted molar refractivity (Wildman–Crippen MR) is 65.1 cm³/mol. The average Bonchev–Trinajstić information content (AvgIpc) is 3.09. The van der Waals surface area contributed by atoms with E-state index < -0.39 is 0 Å². The summed E-state index contributed by atoms with van der Waals surface area (Å²) in [4.78, 5) is 13.1. The quantitative estimate of drug-likeness (QED) is 0.848. The van der Waals surface area contributed by atoms with Crippen LogP contribution in [-0.2, 0) is 5.54 Å². The average molecular weight is 226 g/mol. The lowest BCUT2D eigenvalue weighted by Gasteiger charge is -2.10. The van der Waals surface area contributed by atoms with Gasteiger partial charge in [-0.15, -0.1) is 0 Å². The van der Waals surface area contributed by atoms with E-state index in [1.54, 1.807) is 6.20 Å². The van der Waals surface area contributed by atoms with Crippen LogP contribution >= 0.6 is 0 Å². The summed E-state index contributed by atoms with van der Waals surface area (Å²) in [7, 11) is 0. The highest BCUT2D eigenvalue weighted by atomic mass is 15.0. The van der Waals surface area contributed by atoms with Crippen LogP contribution in [0.5, 0.6) is 0 Å². The second-order valence-corrected chi connectivity index (χ2v) is 4.62. The van der Waals surface area contributed by atoms with Crippen LogP contribution in [0.15, 0.2) is 30.6 Å². The largest absolute Gasteiger partial charge is 0.319 e. The Kier molecular flexibility index (Phi) is 2.19. The molecule has 17 heavy (non-hydrogen) atoms. The zero-order valence-electron chi connectivity index (χ0n) is 9.72. The maximum atomic E-state index is 6.14. The minimum absolute atomic E-state index is 0.289. The molecule has 4 nitrogen and oxygen atoms in total. The molecule has 0 spiro atoms. The topological polar surface area (TPSA) is 64.7 Å². The van der Waals surface area contributed by atoms with Crippen molar-refractivity contribution < 1.29 is 0 Å². The van der Waals surface area contributed by atoms with E-state index in [0.717, 1.165) is 35.6 Å². The molecule has 86 valence electrons. The number of aryl methyl sites for hydroxylation is 1. The summed E-state index contributed by atoms with van der Waals surface area (Å²) in [5, 5.41) is 0. The van der Waals surface area contributed by atoms with Gasteiger partial charge in [0.1, 0.15) is 5.82 Å². The Bertz CT molecular complexity index is 547. The summed E-state index contributed by atoms with van der Waals surface area (Å²) in [6.07, 6.45) is 5.51. The number of pyridine rings is 1. The predicted octanol–water partition coefficient (Wildman–Crippen LogP) is 1.79. The smallest absolute Gasteiger partial charge is 0.149 e. The summed E-state index contributed by atoms with van der Waals surface area (Å²) in [5.74, 6) is 0.761. The van der Waals surface area contributed by atoms with Gasteiger partial charge in [-0.1, -0.05) is 0 Å². The van der Waals surface area contributed by atoms with Gasteiger partial charge in [-0.25, -0.2) is 9.97 Å². The van der Waals surface area contributed by atoms with E-state index in [4.69, 9.17) is 5.73 Å². The molecule has 2 aromatic heterocycles. The highest BCUT2D eigenvalue weighted by Gasteiger charge is 2.43. The van der Waals surface area contributed by atoms with Crippen molar-refractivity contribution in [2.24, 2.45) is 5.73 Å². The van der Waals surface area contributed by atoms with Gasteiger partial charge in [0.25, 0.3) is 0 Å². The molecule has 0 atom stereocenters. The van der Waals surface area contributed by atoms with Crippen molar-refractivity contribution in [1.29, 1.82) is 0 Å². The third-order valence-corrected chi connectivity index (χ3v) is 3.05. The molecule has 0 aromatic carbocycles. The maximum Gasteiger partial charge on any atom is 0.149 e. The van der Waals surface area contributed by atoms with Crippen LogP contribution in [0.2, 0.25) is 0 Å². The summed E-state index contributed by atoms with van der Waals surface area (Å²) < 4.78 is 0. The van der Waals surface area contributed by atoms with Gasteiger partial charge in [0.05, 0.1) is 11.2 Å². The molecule has 1 aliphatic carbocycles. The van der Waals surface area contributed by atoms with Gasteiger partial charge in [0, 0.05) is 23.7 Å². The number of hydrogen-bond donors (Lipinski definition) is 1. The number of rotatable bonds is 2. The molecular formula is C13H14N4. The highest BCUT2D eigenvalue weighted by Crippen LogP contribution is 2.41. The van der Waals surface area contributed by atoms with Crippen LogP contribution in [-0.4, -0.2) is 15.0 Å². The molecule has 2 aromatic rings. The van der Waals surface area contributed by atoms with Gasteiger partial charge in [0.2, 0.25) is 0 Å². The van der Waals surface area contributed by atoms with E-state index in [1.165, 1.54) is 0 Å². The summed E-state index contributed by atoms with van der Waals surface area (Å²) >= 11 is 0. The number of aromatic nitrogens is 3. The number of nitrogens with zero attached hydrogens (tertiary/aromatic N) is 3. The Morgan fingerprint density at radius 3 is 2.76 bits per heavy atom. The van der Waals surface area contributed by atoms with Crippen LogP contribution in [0.1, 0.15) is 24.4 Å². The lowest BCUT2D eigenvalue weighted by molar-refractivity contribution is 0.669. The SMILES string of the molecule is Cc1cc(-c2cccnc2)nc(C2(N)CC2)n1. The van der Waals surface area contributed by atoms with E-state index in [9.17, 15) is 0 Å². The van der Waals surface area contributed by atoms with Gasteiger partial charge in [0.15, 0.2) is 0 Å². The second-order valence-electron chi connectivity index (χ2n) is 4.62. The first-order valence-electron chi connectivity index (χ1n) is 5.73. The van der Waals surface area contributed by atoms with Crippen molar-refractivity contribution >= 4 is 0 Å². The third kappa shape index (κ3) is 1.91. The van der Waals surface area contributed by atoms with Crippen molar-refractivity contribution in [2.75, 3.05) is 0 Å². The molecule has 0 saturated heterocycles. The molecule has 0 bridgehead atoms. The number of nitrogens with two attached hydrogens (primary N) is 1. The summed E-state index contributed by atoms with van der Waals surface area (Å²) in [5.41, 5.74) is 8.71. The molecule has 4 heteroatoms. The molecule has 1 saturated carbocycles. The molecule has 0 unspecified atom stereocenters. The van der Waals surface area contributed by atoms with Crippen molar-refractivity contribution in [3.05, 3.63) is 42.1 Å². The zero-order valence-corrected chi connectivity index (χ0v) is 9.72. The second kappa shape index (κ2) is 3.60. The lowest BCUT2D eigenvalue weighted by Crippen LogP contribution is -2.22. The first kappa shape index (κ1) is 10.4. The fourth-order valence-corrected chi connectivity index (χ4v) is 1.81. The molecule has 2 heterocycles. The Morgan fingerprint density at radius 1 is 1.29 bits per heavy atom. The van der Waals surface area contributed by atoms with Gasteiger partial charge >= 0.3 is 0 Å². The van der Waals surface area contributed by atoms with Gasteiger partial charge < -0.3 is 5.73 Å². The normalized spacial score (nSPS) is 16.8. The van der Waals surface area contributed by atoms with Crippen molar-refractivity contribution in [3.63, 3.8) is 0 Å². The van der Waals surface area contributed by atoms with Crippen LogP contribution in [0.4, 0.5) is 0 Å². The van der Waals surface area contributed by atoms with Gasteiger partial charge in [-0.3, -0.25) is 4.98 Å². The van der Waals surface area contributed by atoms with E-state index >= 15 is 0 Å². The minimum atomic E-state index is -0.289. The van der Waals surface area contributed by atoms with E-state index in [-0.39, 0.29) is 5.54 Å². The van der Waals surface area contributed by atoms with Crippen LogP contribution in [0, 0.1) is 6.92 Å². The monoisotopic (exact) mass is 226 g/mol. The number of hydrogen-bond acceptors (Lipinski definition) is 4. The van der Waals surface area contributed by atoms with Crippen LogP contribution < -0.4 is 5.73 Å². The molecule has 1 fully saturated rings. The summed E-state index contributed by atoms with van der Waals surface area (Å²) in [6.45, 7) is 1.97.